The molecule has 0 heterocycles. The SMILES string of the molecule is CNC(Cc1ccc(Cl)cc1)C(OC)OC. The van der Waals surface area contributed by atoms with Gasteiger partial charge < -0.3 is 14.8 Å². The normalized spacial score (nSPS) is 13.1. The number of benzene rings is 1. The Morgan fingerprint density at radius 3 is 2.19 bits per heavy atom. The van der Waals surface area contributed by atoms with E-state index in [1.54, 1.807) is 14.2 Å². The molecule has 0 aromatic heterocycles. The first kappa shape index (κ1) is 13.5. The highest BCUT2D eigenvalue weighted by molar-refractivity contribution is 6.30. The van der Waals surface area contributed by atoms with Crippen LogP contribution in [0.3, 0.4) is 0 Å². The molecular formula is C12H18ClNO2. The maximum Gasteiger partial charge on any atom is 0.172 e. The maximum absolute atomic E-state index is 5.83. The molecule has 0 saturated carbocycles. The molecule has 4 heteroatoms. The summed E-state index contributed by atoms with van der Waals surface area (Å²) in [7, 11) is 5.17. The first-order valence-corrected chi connectivity index (χ1v) is 5.56. The molecule has 1 atom stereocenters. The Morgan fingerprint density at radius 2 is 1.75 bits per heavy atom. The number of hydrogen-bond donors (Lipinski definition) is 1. The fourth-order valence-corrected chi connectivity index (χ4v) is 1.76. The molecule has 1 N–H and O–H groups in total. The van der Waals surface area contributed by atoms with Crippen LogP contribution in [0.5, 0.6) is 0 Å². The van der Waals surface area contributed by atoms with Crippen molar-refractivity contribution in [1.29, 1.82) is 0 Å². The van der Waals surface area contributed by atoms with Gasteiger partial charge in [0, 0.05) is 19.2 Å². The Morgan fingerprint density at radius 1 is 1.19 bits per heavy atom. The van der Waals surface area contributed by atoms with Crippen LogP contribution in [0, 0.1) is 0 Å². The van der Waals surface area contributed by atoms with Crippen molar-refractivity contribution in [3.8, 4) is 0 Å². The van der Waals surface area contributed by atoms with Gasteiger partial charge in [-0.15, -0.1) is 0 Å². The summed E-state index contributed by atoms with van der Waals surface area (Å²) in [5.41, 5.74) is 1.20. The van der Waals surface area contributed by atoms with Crippen molar-refractivity contribution in [3.63, 3.8) is 0 Å². The van der Waals surface area contributed by atoms with Crippen molar-refractivity contribution in [3.05, 3.63) is 34.9 Å². The molecule has 16 heavy (non-hydrogen) atoms. The zero-order valence-corrected chi connectivity index (χ0v) is 10.6. The van der Waals surface area contributed by atoms with Crippen molar-refractivity contribution in [2.24, 2.45) is 0 Å². The number of halogens is 1. The minimum atomic E-state index is -0.249. The van der Waals surface area contributed by atoms with Crippen LogP contribution in [0.1, 0.15) is 5.56 Å². The van der Waals surface area contributed by atoms with E-state index in [1.807, 2.05) is 31.3 Å². The van der Waals surface area contributed by atoms with Crippen LogP contribution in [0.4, 0.5) is 0 Å². The highest BCUT2D eigenvalue weighted by atomic mass is 35.5. The van der Waals surface area contributed by atoms with E-state index in [4.69, 9.17) is 21.1 Å². The molecule has 1 aromatic carbocycles. The second kappa shape index (κ2) is 6.86. The Hall–Kier alpha value is -0.610. The number of likely N-dealkylation sites (N-methyl/N-ethyl adjacent to an activating group) is 1. The van der Waals surface area contributed by atoms with Crippen molar-refractivity contribution < 1.29 is 9.47 Å². The highest BCUT2D eigenvalue weighted by Gasteiger charge is 2.19. The molecule has 1 unspecified atom stereocenters. The topological polar surface area (TPSA) is 30.5 Å². The van der Waals surface area contributed by atoms with Crippen molar-refractivity contribution in [2.45, 2.75) is 18.8 Å². The predicted molar refractivity (Wildman–Crippen MR) is 65.8 cm³/mol. The molecule has 0 aliphatic heterocycles. The first-order chi connectivity index (χ1) is 7.71. The van der Waals surface area contributed by atoms with Crippen molar-refractivity contribution >= 4 is 11.6 Å². The molecular weight excluding hydrogens is 226 g/mol. The van der Waals surface area contributed by atoms with Crippen LogP contribution in [0.15, 0.2) is 24.3 Å². The molecule has 0 fully saturated rings. The van der Waals surface area contributed by atoms with Gasteiger partial charge in [0.2, 0.25) is 0 Å². The predicted octanol–water partition coefficient (Wildman–Crippen LogP) is 2.09. The van der Waals surface area contributed by atoms with E-state index in [2.05, 4.69) is 5.32 Å². The Bertz CT molecular complexity index is 298. The summed E-state index contributed by atoms with van der Waals surface area (Å²) in [6.45, 7) is 0. The van der Waals surface area contributed by atoms with Crippen LogP contribution in [0.25, 0.3) is 0 Å². The smallest absolute Gasteiger partial charge is 0.172 e. The standard InChI is InChI=1S/C12H18ClNO2/c1-14-11(12(15-2)16-3)8-9-4-6-10(13)7-5-9/h4-7,11-12,14H,8H2,1-3H3. The summed E-state index contributed by atoms with van der Waals surface area (Å²) in [5, 5.41) is 3.93. The summed E-state index contributed by atoms with van der Waals surface area (Å²) < 4.78 is 10.5. The van der Waals surface area contributed by atoms with Crippen molar-refractivity contribution in [2.75, 3.05) is 21.3 Å². The molecule has 0 radical (unpaired) electrons. The molecule has 0 spiro atoms. The maximum atomic E-state index is 5.83. The second-order valence-corrected chi connectivity index (χ2v) is 4.00. The lowest BCUT2D eigenvalue weighted by Crippen LogP contribution is -2.41. The van der Waals surface area contributed by atoms with Gasteiger partial charge in [-0.3, -0.25) is 0 Å². The number of rotatable bonds is 6. The van der Waals surface area contributed by atoms with Gasteiger partial charge in [0.15, 0.2) is 6.29 Å². The van der Waals surface area contributed by atoms with Crippen molar-refractivity contribution in [1.82, 2.24) is 5.32 Å². The Labute approximate surface area is 102 Å². The summed E-state index contributed by atoms with van der Waals surface area (Å²) in [6.07, 6.45) is 0.584. The van der Waals surface area contributed by atoms with Gasteiger partial charge in [-0.2, -0.15) is 0 Å². The Kier molecular flexibility index (Phi) is 5.77. The van der Waals surface area contributed by atoms with Gasteiger partial charge >= 0.3 is 0 Å². The molecule has 90 valence electrons. The van der Waals surface area contributed by atoms with E-state index in [0.717, 1.165) is 11.4 Å². The van der Waals surface area contributed by atoms with Gasteiger partial charge in [-0.25, -0.2) is 0 Å². The number of methoxy groups -OCH3 is 2. The lowest BCUT2D eigenvalue weighted by molar-refractivity contribution is -0.121. The van der Waals surface area contributed by atoms with Gasteiger partial charge in [0.1, 0.15) is 0 Å². The average Bonchev–Trinajstić information content (AvgIpc) is 2.32. The van der Waals surface area contributed by atoms with Crippen LogP contribution in [-0.4, -0.2) is 33.6 Å². The highest BCUT2D eigenvalue weighted by Crippen LogP contribution is 2.13. The van der Waals surface area contributed by atoms with Crippen LogP contribution >= 0.6 is 11.6 Å². The summed E-state index contributed by atoms with van der Waals surface area (Å²) in [4.78, 5) is 0. The van der Waals surface area contributed by atoms with E-state index in [-0.39, 0.29) is 12.3 Å². The minimum absolute atomic E-state index is 0.121. The minimum Gasteiger partial charge on any atom is -0.354 e. The largest absolute Gasteiger partial charge is 0.354 e. The fraction of sp³-hybridized carbons (Fsp3) is 0.500. The third kappa shape index (κ3) is 3.76. The molecule has 0 bridgehead atoms. The fourth-order valence-electron chi connectivity index (χ4n) is 1.63. The third-order valence-corrected chi connectivity index (χ3v) is 2.78. The molecule has 1 rings (SSSR count). The summed E-state index contributed by atoms with van der Waals surface area (Å²) >= 11 is 5.83. The van der Waals surface area contributed by atoms with Gasteiger partial charge in [0.05, 0.1) is 6.04 Å². The van der Waals surface area contributed by atoms with Crippen LogP contribution < -0.4 is 5.32 Å². The van der Waals surface area contributed by atoms with Crippen LogP contribution in [0.2, 0.25) is 5.02 Å². The lowest BCUT2D eigenvalue weighted by atomic mass is 10.1. The molecule has 0 saturated heterocycles. The summed E-state index contributed by atoms with van der Waals surface area (Å²) in [5.74, 6) is 0. The van der Waals surface area contributed by atoms with Gasteiger partial charge in [0.25, 0.3) is 0 Å². The number of ether oxygens (including phenoxy) is 2. The van der Waals surface area contributed by atoms with E-state index in [0.29, 0.717) is 0 Å². The molecule has 1 aromatic rings. The molecule has 0 amide bonds. The third-order valence-electron chi connectivity index (χ3n) is 2.53. The molecule has 0 aliphatic carbocycles. The second-order valence-electron chi connectivity index (χ2n) is 3.57. The zero-order valence-electron chi connectivity index (χ0n) is 9.87. The lowest BCUT2D eigenvalue weighted by Gasteiger charge is -2.24. The van der Waals surface area contributed by atoms with Gasteiger partial charge in [-0.05, 0) is 31.2 Å². The van der Waals surface area contributed by atoms with E-state index in [9.17, 15) is 0 Å². The average molecular weight is 244 g/mol. The van der Waals surface area contributed by atoms with E-state index < -0.39 is 0 Å². The summed E-state index contributed by atoms with van der Waals surface area (Å²) in [6, 6.07) is 7.91. The zero-order chi connectivity index (χ0) is 12.0. The van der Waals surface area contributed by atoms with E-state index >= 15 is 0 Å². The monoisotopic (exact) mass is 243 g/mol. The number of nitrogens with one attached hydrogen (secondary N) is 1. The first-order valence-electron chi connectivity index (χ1n) is 5.18. The van der Waals surface area contributed by atoms with Gasteiger partial charge in [-0.1, -0.05) is 23.7 Å². The molecule has 3 nitrogen and oxygen atoms in total. The van der Waals surface area contributed by atoms with E-state index in [1.165, 1.54) is 5.56 Å². The quantitative estimate of drug-likeness (QED) is 0.777. The molecule has 0 aliphatic rings. The van der Waals surface area contributed by atoms with Crippen LogP contribution in [-0.2, 0) is 15.9 Å². The number of hydrogen-bond acceptors (Lipinski definition) is 3. The Balaban J connectivity index is 2.65.